The lowest BCUT2D eigenvalue weighted by Gasteiger charge is -2.09. The van der Waals surface area contributed by atoms with Crippen LogP contribution in [0.5, 0.6) is 0 Å². The second-order valence-electron chi connectivity index (χ2n) is 5.55. The molecular weight excluding hydrogens is 330 g/mol. The lowest BCUT2D eigenvalue weighted by molar-refractivity contribution is 0.0548. The maximum Gasteiger partial charge on any atom is 0.339 e. The monoisotopic (exact) mass is 345 g/mol. The largest absolute Gasteiger partial charge is 0.463 e. The van der Waals surface area contributed by atoms with Gasteiger partial charge >= 0.3 is 5.97 Å². The number of fused-ring (bicyclic) bond motifs is 1. The van der Waals surface area contributed by atoms with E-state index in [4.69, 9.17) is 20.8 Å². The van der Waals surface area contributed by atoms with Gasteiger partial charge in [-0.05, 0) is 32.0 Å². The van der Waals surface area contributed by atoms with E-state index in [0.717, 1.165) is 0 Å². The molecule has 0 aliphatic heterocycles. The molecule has 3 aromatic rings. The van der Waals surface area contributed by atoms with Crippen molar-refractivity contribution in [1.82, 2.24) is 14.8 Å². The maximum atomic E-state index is 12.4. The molecule has 0 atom stereocenters. The maximum absolute atomic E-state index is 12.4. The van der Waals surface area contributed by atoms with Crippen LogP contribution in [0.4, 0.5) is 0 Å². The third-order valence-electron chi connectivity index (χ3n) is 3.41. The molecule has 3 rings (SSSR count). The van der Waals surface area contributed by atoms with E-state index < -0.39 is 5.97 Å². The second kappa shape index (κ2) is 6.49. The molecule has 0 saturated heterocycles. The molecule has 124 valence electrons. The molecule has 0 unspecified atom stereocenters. The van der Waals surface area contributed by atoms with Gasteiger partial charge in [-0.2, -0.15) is 5.10 Å². The number of aromatic nitrogens is 3. The van der Waals surface area contributed by atoms with Gasteiger partial charge < -0.3 is 9.15 Å². The second-order valence-corrected chi connectivity index (χ2v) is 6.08. The molecule has 3 heterocycles. The van der Waals surface area contributed by atoms with Crippen LogP contribution in [-0.2, 0) is 4.74 Å². The van der Waals surface area contributed by atoms with Crippen molar-refractivity contribution >= 4 is 28.6 Å². The molecular formula is C17H16ClN3O3. The average molecular weight is 346 g/mol. The minimum absolute atomic E-state index is 0.0569. The molecule has 0 aliphatic carbocycles. The van der Waals surface area contributed by atoms with E-state index in [1.54, 1.807) is 35.3 Å². The predicted octanol–water partition coefficient (Wildman–Crippen LogP) is 4.18. The van der Waals surface area contributed by atoms with Crippen molar-refractivity contribution in [3.05, 3.63) is 47.8 Å². The highest BCUT2D eigenvalue weighted by molar-refractivity contribution is 6.29. The average Bonchev–Trinajstić information content (AvgIpc) is 3.20. The minimum Gasteiger partial charge on any atom is -0.463 e. The van der Waals surface area contributed by atoms with Crippen LogP contribution in [0, 0.1) is 0 Å². The lowest BCUT2D eigenvalue weighted by atomic mass is 10.1. The van der Waals surface area contributed by atoms with E-state index in [-0.39, 0.29) is 17.7 Å². The van der Waals surface area contributed by atoms with Crippen LogP contribution in [0.3, 0.4) is 0 Å². The van der Waals surface area contributed by atoms with E-state index in [2.05, 4.69) is 16.7 Å². The summed E-state index contributed by atoms with van der Waals surface area (Å²) in [5.41, 5.74) is 1.48. The summed E-state index contributed by atoms with van der Waals surface area (Å²) in [6.07, 6.45) is 3.16. The molecule has 7 heteroatoms. The number of halogens is 1. The highest BCUT2D eigenvalue weighted by Gasteiger charge is 2.20. The Morgan fingerprint density at radius 1 is 1.50 bits per heavy atom. The first kappa shape index (κ1) is 16.3. The van der Waals surface area contributed by atoms with Gasteiger partial charge in [-0.1, -0.05) is 18.2 Å². The third kappa shape index (κ3) is 3.05. The zero-order chi connectivity index (χ0) is 17.3. The van der Waals surface area contributed by atoms with E-state index >= 15 is 0 Å². The Labute approximate surface area is 143 Å². The molecule has 0 aromatic carbocycles. The molecule has 6 nitrogen and oxygen atoms in total. The van der Waals surface area contributed by atoms with Crippen LogP contribution >= 0.6 is 11.6 Å². The first-order valence-electron chi connectivity index (χ1n) is 7.40. The number of rotatable bonds is 5. The Morgan fingerprint density at radius 3 is 2.92 bits per heavy atom. The van der Waals surface area contributed by atoms with Crippen LogP contribution in [0.2, 0.25) is 0 Å². The molecule has 0 bridgehead atoms. The number of hydrogen-bond donors (Lipinski definition) is 0. The molecule has 0 spiro atoms. The van der Waals surface area contributed by atoms with Gasteiger partial charge in [0.05, 0.1) is 23.4 Å². The summed E-state index contributed by atoms with van der Waals surface area (Å²) < 4.78 is 12.3. The Morgan fingerprint density at radius 2 is 2.29 bits per heavy atom. The Hall–Kier alpha value is -2.60. The summed E-state index contributed by atoms with van der Waals surface area (Å²) >= 11 is 5.67. The van der Waals surface area contributed by atoms with Crippen molar-refractivity contribution in [2.45, 2.75) is 19.9 Å². The first-order chi connectivity index (χ1) is 11.5. The number of esters is 1. The topological polar surface area (TPSA) is 70.2 Å². The van der Waals surface area contributed by atoms with E-state index in [1.165, 1.54) is 0 Å². The normalized spacial score (nSPS) is 11.2. The van der Waals surface area contributed by atoms with Crippen LogP contribution < -0.4 is 0 Å². The Kier molecular flexibility index (Phi) is 4.40. The number of carbonyl (C=O) groups is 1. The van der Waals surface area contributed by atoms with Gasteiger partial charge in [0.2, 0.25) is 0 Å². The highest BCUT2D eigenvalue weighted by Crippen LogP contribution is 2.27. The minimum atomic E-state index is -0.514. The number of pyridine rings is 1. The van der Waals surface area contributed by atoms with Gasteiger partial charge in [-0.25, -0.2) is 14.5 Å². The number of nitrogens with zero attached hydrogens (tertiary/aromatic N) is 3. The van der Waals surface area contributed by atoms with Gasteiger partial charge in [0.1, 0.15) is 12.3 Å². The van der Waals surface area contributed by atoms with Gasteiger partial charge in [0.15, 0.2) is 11.4 Å². The quantitative estimate of drug-likeness (QED) is 0.649. The highest BCUT2D eigenvalue weighted by atomic mass is 35.5. The van der Waals surface area contributed by atoms with Crippen molar-refractivity contribution in [3.63, 3.8) is 0 Å². The van der Waals surface area contributed by atoms with Crippen LogP contribution in [0.15, 0.2) is 46.7 Å². The molecule has 24 heavy (non-hydrogen) atoms. The van der Waals surface area contributed by atoms with E-state index in [0.29, 0.717) is 28.1 Å². The van der Waals surface area contributed by atoms with Crippen molar-refractivity contribution in [1.29, 1.82) is 0 Å². The number of furan rings is 1. The number of ether oxygens (including phenoxy) is 1. The van der Waals surface area contributed by atoms with E-state index in [9.17, 15) is 4.79 Å². The summed E-state index contributed by atoms with van der Waals surface area (Å²) in [5.74, 6) is 0.0459. The lowest BCUT2D eigenvalue weighted by Crippen LogP contribution is -2.09. The standard InChI is InChI=1S/C17H16ClN3O3/c1-10(2)21-16-13(8-19-21)12(17(22)24-9-11(3)18)7-14(20-16)15-5-4-6-23-15/h4-8,10H,3,9H2,1-2H3. The molecule has 3 aromatic heterocycles. The van der Waals surface area contributed by atoms with E-state index in [1.807, 2.05) is 13.8 Å². The Balaban J connectivity index is 2.15. The van der Waals surface area contributed by atoms with Crippen LogP contribution in [-0.4, -0.2) is 27.3 Å². The molecule has 0 fully saturated rings. The molecule has 0 aliphatic rings. The molecule has 0 radical (unpaired) electrons. The molecule has 0 saturated carbocycles. The summed E-state index contributed by atoms with van der Waals surface area (Å²) in [7, 11) is 0. The van der Waals surface area contributed by atoms with Crippen molar-refractivity contribution < 1.29 is 13.9 Å². The van der Waals surface area contributed by atoms with Crippen molar-refractivity contribution in [2.75, 3.05) is 6.61 Å². The fourth-order valence-electron chi connectivity index (χ4n) is 2.34. The molecule has 0 amide bonds. The SMILES string of the molecule is C=C(Cl)COC(=O)c1cc(-c2ccco2)nc2c1cnn2C(C)C. The zero-order valence-corrected chi connectivity index (χ0v) is 14.1. The fourth-order valence-corrected chi connectivity index (χ4v) is 2.39. The first-order valence-corrected chi connectivity index (χ1v) is 7.77. The smallest absolute Gasteiger partial charge is 0.339 e. The summed E-state index contributed by atoms with van der Waals surface area (Å²) in [6, 6.07) is 5.26. The van der Waals surface area contributed by atoms with Gasteiger partial charge in [-0.3, -0.25) is 0 Å². The zero-order valence-electron chi connectivity index (χ0n) is 13.3. The number of hydrogen-bond acceptors (Lipinski definition) is 5. The fraction of sp³-hybridized carbons (Fsp3) is 0.235. The van der Waals surface area contributed by atoms with Crippen molar-refractivity contribution in [2.24, 2.45) is 0 Å². The van der Waals surface area contributed by atoms with Crippen molar-refractivity contribution in [3.8, 4) is 11.5 Å². The Bertz CT molecular complexity index is 897. The summed E-state index contributed by atoms with van der Waals surface area (Å²) in [6.45, 7) is 7.43. The van der Waals surface area contributed by atoms with Gasteiger partial charge in [-0.15, -0.1) is 0 Å². The molecule has 0 N–H and O–H groups in total. The van der Waals surface area contributed by atoms with Gasteiger partial charge in [0.25, 0.3) is 0 Å². The summed E-state index contributed by atoms with van der Waals surface area (Å²) in [5, 5.41) is 5.19. The van der Waals surface area contributed by atoms with Crippen LogP contribution in [0.25, 0.3) is 22.5 Å². The third-order valence-corrected chi connectivity index (χ3v) is 3.52. The van der Waals surface area contributed by atoms with Gasteiger partial charge in [0, 0.05) is 11.1 Å². The summed E-state index contributed by atoms with van der Waals surface area (Å²) in [4.78, 5) is 17.0. The number of carbonyl (C=O) groups excluding carboxylic acids is 1. The van der Waals surface area contributed by atoms with Crippen LogP contribution in [0.1, 0.15) is 30.2 Å². The predicted molar refractivity (Wildman–Crippen MR) is 90.9 cm³/mol.